The van der Waals surface area contributed by atoms with E-state index >= 15 is 0 Å². The molecule has 1 aromatic carbocycles. The molecule has 0 radical (unpaired) electrons. The Balaban J connectivity index is 2.03. The number of carbonyl (C=O) groups is 1. The van der Waals surface area contributed by atoms with Crippen LogP contribution >= 0.6 is 0 Å². The summed E-state index contributed by atoms with van der Waals surface area (Å²) in [6.45, 7) is 3.88. The van der Waals surface area contributed by atoms with Crippen LogP contribution in [0.2, 0.25) is 0 Å². The molecule has 0 saturated heterocycles. The zero-order chi connectivity index (χ0) is 20.0. The van der Waals surface area contributed by atoms with Crippen LogP contribution in [0.3, 0.4) is 0 Å². The van der Waals surface area contributed by atoms with Gasteiger partial charge in [-0.2, -0.15) is 13.2 Å². The number of rotatable bonds is 3. The lowest BCUT2D eigenvalue weighted by atomic mass is 9.87. The van der Waals surface area contributed by atoms with Gasteiger partial charge in [0.15, 0.2) is 0 Å². The maximum atomic E-state index is 13.2. The zero-order valence-corrected chi connectivity index (χ0v) is 15.1. The lowest BCUT2D eigenvalue weighted by Gasteiger charge is -2.26. The highest BCUT2D eigenvalue weighted by Gasteiger charge is 2.41. The number of aromatic nitrogens is 1. The van der Waals surface area contributed by atoms with E-state index in [4.69, 9.17) is 15.2 Å². The molecular weight excluding hydrogens is 361 g/mol. The second-order valence-electron chi connectivity index (χ2n) is 7.17. The number of primary amides is 1. The number of alkyl halides is 3. The van der Waals surface area contributed by atoms with Crippen LogP contribution in [-0.2, 0) is 17.3 Å². The molecule has 1 aromatic heterocycles. The lowest BCUT2D eigenvalue weighted by Crippen LogP contribution is -2.25. The molecule has 2 aromatic rings. The average molecular weight is 380 g/mol. The molecule has 2 N–H and O–H groups in total. The molecule has 0 fully saturated rings. The van der Waals surface area contributed by atoms with E-state index in [1.165, 1.54) is 6.20 Å². The number of fused-ring (bicyclic) bond motifs is 1. The first kappa shape index (κ1) is 19.0. The molecule has 0 saturated carbocycles. The topological polar surface area (TPSA) is 74.4 Å². The highest BCUT2D eigenvalue weighted by molar-refractivity contribution is 5.68. The molecule has 0 aliphatic heterocycles. The second-order valence-corrected chi connectivity index (χ2v) is 7.17. The average Bonchev–Trinajstić information content (AvgIpc) is 2.82. The number of hydrogen-bond donors (Lipinski definition) is 1. The minimum atomic E-state index is -4.58. The molecule has 27 heavy (non-hydrogen) atoms. The van der Waals surface area contributed by atoms with Crippen LogP contribution in [0.4, 0.5) is 18.0 Å². The van der Waals surface area contributed by atoms with Crippen molar-refractivity contribution in [3.63, 3.8) is 0 Å². The molecule has 8 heteroatoms. The number of pyridine rings is 1. The van der Waals surface area contributed by atoms with Gasteiger partial charge in [-0.3, -0.25) is 0 Å². The fourth-order valence-corrected chi connectivity index (χ4v) is 3.51. The first-order valence-electron chi connectivity index (χ1n) is 8.23. The van der Waals surface area contributed by atoms with E-state index in [9.17, 15) is 18.0 Å². The van der Waals surface area contributed by atoms with Crippen molar-refractivity contribution in [1.29, 1.82) is 0 Å². The van der Waals surface area contributed by atoms with Gasteiger partial charge in [-0.15, -0.1) is 0 Å². The number of ether oxygens (including phenoxy) is 2. The van der Waals surface area contributed by atoms with Crippen molar-refractivity contribution in [3.8, 4) is 17.0 Å². The van der Waals surface area contributed by atoms with Crippen molar-refractivity contribution in [2.24, 2.45) is 11.1 Å². The van der Waals surface area contributed by atoms with Crippen molar-refractivity contribution in [1.82, 2.24) is 4.98 Å². The van der Waals surface area contributed by atoms with Crippen molar-refractivity contribution in [3.05, 3.63) is 47.2 Å². The number of hydrogen-bond acceptors (Lipinski definition) is 4. The summed E-state index contributed by atoms with van der Waals surface area (Å²) >= 11 is 0. The number of nitrogens with zero attached hydrogens (tertiary/aromatic N) is 1. The van der Waals surface area contributed by atoms with Crippen LogP contribution in [0, 0.1) is 5.41 Å². The van der Waals surface area contributed by atoms with E-state index in [1.807, 2.05) is 13.8 Å². The zero-order valence-electron chi connectivity index (χ0n) is 15.1. The van der Waals surface area contributed by atoms with E-state index in [2.05, 4.69) is 4.98 Å². The Kier molecular flexibility index (Phi) is 4.53. The van der Waals surface area contributed by atoms with Gasteiger partial charge in [-0.25, -0.2) is 9.78 Å². The maximum Gasteiger partial charge on any atom is 0.421 e. The van der Waals surface area contributed by atoms with E-state index in [0.29, 0.717) is 17.5 Å². The van der Waals surface area contributed by atoms with Crippen LogP contribution in [-0.4, -0.2) is 18.2 Å². The number of methoxy groups -OCH3 is 1. The minimum Gasteiger partial charge on any atom is -0.481 e. The van der Waals surface area contributed by atoms with Gasteiger partial charge in [0.1, 0.15) is 11.7 Å². The Morgan fingerprint density at radius 1 is 1.26 bits per heavy atom. The minimum absolute atomic E-state index is 0.322. The Labute approximate surface area is 154 Å². The van der Waals surface area contributed by atoms with Gasteiger partial charge in [0.25, 0.3) is 0 Å². The number of carbonyl (C=O) groups excluding carboxylic acids is 1. The third kappa shape index (κ3) is 3.56. The van der Waals surface area contributed by atoms with Crippen LogP contribution < -0.4 is 10.5 Å². The summed E-state index contributed by atoms with van der Waals surface area (Å²) < 4.78 is 49.7. The first-order valence-corrected chi connectivity index (χ1v) is 8.23. The van der Waals surface area contributed by atoms with Crippen molar-refractivity contribution >= 4 is 6.09 Å². The van der Waals surface area contributed by atoms with E-state index in [0.717, 1.165) is 24.3 Å². The van der Waals surface area contributed by atoms with Crippen molar-refractivity contribution in [2.45, 2.75) is 32.5 Å². The second kappa shape index (κ2) is 6.44. The normalized spacial score (nSPS) is 18.1. The summed E-state index contributed by atoms with van der Waals surface area (Å²) in [5.74, 6) is -0.469. The summed E-state index contributed by atoms with van der Waals surface area (Å²) in [5, 5.41) is 0. The number of benzene rings is 1. The van der Waals surface area contributed by atoms with Gasteiger partial charge in [-0.05, 0) is 29.2 Å². The fourth-order valence-electron chi connectivity index (χ4n) is 3.51. The Morgan fingerprint density at radius 3 is 2.56 bits per heavy atom. The quantitative estimate of drug-likeness (QED) is 0.851. The largest absolute Gasteiger partial charge is 0.481 e. The highest BCUT2D eigenvalue weighted by Crippen LogP contribution is 2.48. The van der Waals surface area contributed by atoms with Gasteiger partial charge in [-0.1, -0.05) is 32.0 Å². The Hall–Kier alpha value is -2.77. The molecule has 0 bridgehead atoms. The molecule has 1 unspecified atom stereocenters. The monoisotopic (exact) mass is 380 g/mol. The maximum absolute atomic E-state index is 13.2. The third-order valence-corrected chi connectivity index (χ3v) is 4.70. The predicted octanol–water partition coefficient (Wildman–Crippen LogP) is 4.49. The Morgan fingerprint density at radius 2 is 1.96 bits per heavy atom. The van der Waals surface area contributed by atoms with Crippen LogP contribution in [0.25, 0.3) is 11.1 Å². The van der Waals surface area contributed by atoms with Crippen molar-refractivity contribution < 1.29 is 27.4 Å². The summed E-state index contributed by atoms with van der Waals surface area (Å²) in [4.78, 5) is 15.0. The highest BCUT2D eigenvalue weighted by atomic mass is 19.4. The molecule has 144 valence electrons. The van der Waals surface area contributed by atoms with Gasteiger partial charge < -0.3 is 15.2 Å². The summed E-state index contributed by atoms with van der Waals surface area (Å²) in [6, 6.07) is 6.25. The van der Waals surface area contributed by atoms with Gasteiger partial charge in [0.05, 0.1) is 7.11 Å². The number of amides is 1. The van der Waals surface area contributed by atoms with E-state index in [1.54, 1.807) is 18.2 Å². The van der Waals surface area contributed by atoms with Crippen LogP contribution in [0.5, 0.6) is 5.88 Å². The third-order valence-electron chi connectivity index (χ3n) is 4.70. The molecule has 1 aliphatic rings. The van der Waals surface area contributed by atoms with Crippen molar-refractivity contribution in [2.75, 3.05) is 7.11 Å². The van der Waals surface area contributed by atoms with Gasteiger partial charge in [0.2, 0.25) is 5.88 Å². The molecule has 5 nitrogen and oxygen atoms in total. The molecule has 1 amide bonds. The predicted molar refractivity (Wildman–Crippen MR) is 92.1 cm³/mol. The summed E-state index contributed by atoms with van der Waals surface area (Å²) in [5.41, 5.74) is 6.48. The molecule has 1 atom stereocenters. The van der Waals surface area contributed by atoms with E-state index in [-0.39, 0.29) is 5.41 Å². The standard InChI is InChI=1S/C19H19F3N2O3/c1-18(2)8-11-6-10(4-5-13(11)15(18)27-17(23)25)12-7-14(19(20,21)22)16(26-3)24-9-12/h4-7,9,15H,8H2,1-3H3,(H2,23,25). The van der Waals surface area contributed by atoms with Gasteiger partial charge in [0, 0.05) is 17.2 Å². The molecule has 0 spiro atoms. The SMILES string of the molecule is COc1ncc(-c2ccc3c(c2)CC(C)(C)C3OC(N)=O)cc1C(F)(F)F. The number of halogens is 3. The molecule has 3 rings (SSSR count). The lowest BCUT2D eigenvalue weighted by molar-refractivity contribution is -0.139. The summed E-state index contributed by atoms with van der Waals surface area (Å²) in [7, 11) is 1.15. The molecule has 1 aliphatic carbocycles. The van der Waals surface area contributed by atoms with Crippen LogP contribution in [0.15, 0.2) is 30.5 Å². The Bertz CT molecular complexity index is 894. The summed E-state index contributed by atoms with van der Waals surface area (Å²) in [6.07, 6.45) is -4.00. The molecular formula is C19H19F3N2O3. The fraction of sp³-hybridized carbons (Fsp3) is 0.368. The van der Waals surface area contributed by atoms with Crippen LogP contribution in [0.1, 0.15) is 36.6 Å². The van der Waals surface area contributed by atoms with E-state index < -0.39 is 29.8 Å². The first-order chi connectivity index (χ1) is 12.5. The number of nitrogens with two attached hydrogens (primary N) is 1. The molecule has 1 heterocycles. The van der Waals surface area contributed by atoms with Gasteiger partial charge >= 0.3 is 12.3 Å². The smallest absolute Gasteiger partial charge is 0.421 e.